The van der Waals surface area contributed by atoms with E-state index in [-0.39, 0.29) is 0 Å². The monoisotopic (exact) mass is 248 g/mol. The second-order valence-corrected chi connectivity index (χ2v) is 5.82. The minimum absolute atomic E-state index is 0.349. The summed E-state index contributed by atoms with van der Waals surface area (Å²) in [6, 6.07) is 6.31. The minimum Gasteiger partial charge on any atom is -0.385 e. The third-order valence-electron chi connectivity index (χ3n) is 3.82. The van der Waals surface area contributed by atoms with Crippen molar-refractivity contribution in [1.82, 2.24) is 0 Å². The van der Waals surface area contributed by atoms with Gasteiger partial charge in [-0.25, -0.2) is 0 Å². The Balaban J connectivity index is 2.04. The Morgan fingerprint density at radius 1 is 1.28 bits per heavy atom. The molecule has 0 spiro atoms. The summed E-state index contributed by atoms with van der Waals surface area (Å²) in [4.78, 5) is 0. The van der Waals surface area contributed by atoms with Gasteiger partial charge in [-0.15, -0.1) is 0 Å². The molecule has 1 saturated heterocycles. The van der Waals surface area contributed by atoms with Crippen molar-refractivity contribution < 1.29 is 9.84 Å². The molecule has 1 aromatic rings. The van der Waals surface area contributed by atoms with Crippen LogP contribution in [0.2, 0.25) is 0 Å². The smallest absolute Gasteiger partial charge is 0.0869 e. The van der Waals surface area contributed by atoms with Crippen LogP contribution in [0.15, 0.2) is 18.2 Å². The van der Waals surface area contributed by atoms with Crippen LogP contribution in [0.25, 0.3) is 0 Å². The summed E-state index contributed by atoms with van der Waals surface area (Å²) in [5.74, 6) is 0. The SMILES string of the molecule is Cc1cc(C)cc(C(C)(O)CCC2CCCO2)c1. The predicted octanol–water partition coefficient (Wildman–Crippen LogP) is 3.47. The van der Waals surface area contributed by atoms with Crippen LogP contribution in [0, 0.1) is 13.8 Å². The third kappa shape index (κ3) is 3.33. The second-order valence-electron chi connectivity index (χ2n) is 5.82. The fourth-order valence-corrected chi connectivity index (χ4v) is 2.74. The largest absolute Gasteiger partial charge is 0.385 e. The van der Waals surface area contributed by atoms with Crippen LogP contribution < -0.4 is 0 Å². The van der Waals surface area contributed by atoms with E-state index in [1.807, 2.05) is 6.92 Å². The number of hydrogen-bond donors (Lipinski definition) is 1. The van der Waals surface area contributed by atoms with Gasteiger partial charge in [-0.1, -0.05) is 29.3 Å². The molecule has 0 bridgehead atoms. The summed E-state index contributed by atoms with van der Waals surface area (Å²) in [6.07, 6.45) is 4.36. The molecule has 18 heavy (non-hydrogen) atoms. The zero-order chi connectivity index (χ0) is 13.2. The van der Waals surface area contributed by atoms with Crippen LogP contribution in [-0.2, 0) is 10.3 Å². The lowest BCUT2D eigenvalue weighted by Crippen LogP contribution is -2.23. The Morgan fingerprint density at radius 3 is 2.50 bits per heavy atom. The first-order valence-corrected chi connectivity index (χ1v) is 6.90. The van der Waals surface area contributed by atoms with Gasteiger partial charge in [0, 0.05) is 6.61 Å². The van der Waals surface area contributed by atoms with Crippen LogP contribution >= 0.6 is 0 Å². The van der Waals surface area contributed by atoms with Crippen LogP contribution in [0.5, 0.6) is 0 Å². The molecule has 1 N–H and O–H groups in total. The van der Waals surface area contributed by atoms with E-state index in [0.717, 1.165) is 37.9 Å². The molecule has 0 amide bonds. The van der Waals surface area contributed by atoms with Crippen molar-refractivity contribution in [3.63, 3.8) is 0 Å². The van der Waals surface area contributed by atoms with Gasteiger partial charge in [0.2, 0.25) is 0 Å². The molecule has 1 aliphatic rings. The van der Waals surface area contributed by atoms with E-state index in [0.29, 0.717) is 6.10 Å². The molecule has 0 radical (unpaired) electrons. The molecule has 2 atom stereocenters. The van der Waals surface area contributed by atoms with Crippen molar-refractivity contribution in [3.05, 3.63) is 34.9 Å². The summed E-state index contributed by atoms with van der Waals surface area (Å²) >= 11 is 0. The number of ether oxygens (including phenoxy) is 1. The van der Waals surface area contributed by atoms with Crippen LogP contribution in [0.4, 0.5) is 0 Å². The quantitative estimate of drug-likeness (QED) is 0.884. The van der Waals surface area contributed by atoms with Crippen molar-refractivity contribution in [3.8, 4) is 0 Å². The molecule has 2 heteroatoms. The molecule has 2 unspecified atom stereocenters. The molecule has 0 aliphatic carbocycles. The van der Waals surface area contributed by atoms with Gasteiger partial charge in [-0.2, -0.15) is 0 Å². The first-order valence-electron chi connectivity index (χ1n) is 6.90. The van der Waals surface area contributed by atoms with Crippen LogP contribution in [-0.4, -0.2) is 17.8 Å². The summed E-state index contributed by atoms with van der Waals surface area (Å²) in [5, 5.41) is 10.6. The number of benzene rings is 1. The van der Waals surface area contributed by atoms with Gasteiger partial charge in [0.15, 0.2) is 0 Å². The highest BCUT2D eigenvalue weighted by Gasteiger charge is 2.26. The molecule has 0 saturated carbocycles. The highest BCUT2D eigenvalue weighted by molar-refractivity contribution is 5.32. The number of aliphatic hydroxyl groups is 1. The van der Waals surface area contributed by atoms with Gasteiger partial charge in [0.1, 0.15) is 0 Å². The van der Waals surface area contributed by atoms with Crippen LogP contribution in [0.3, 0.4) is 0 Å². The molecular weight excluding hydrogens is 224 g/mol. The summed E-state index contributed by atoms with van der Waals surface area (Å²) in [5.41, 5.74) is 2.70. The number of rotatable bonds is 4. The first kappa shape index (κ1) is 13.6. The van der Waals surface area contributed by atoms with Gasteiger partial charge in [0.05, 0.1) is 11.7 Å². The van der Waals surface area contributed by atoms with Gasteiger partial charge < -0.3 is 9.84 Å². The number of aryl methyl sites for hydroxylation is 2. The maximum atomic E-state index is 10.6. The van der Waals surface area contributed by atoms with E-state index in [2.05, 4.69) is 32.0 Å². The molecule has 2 rings (SSSR count). The number of hydrogen-bond acceptors (Lipinski definition) is 2. The van der Waals surface area contributed by atoms with E-state index in [1.165, 1.54) is 11.1 Å². The zero-order valence-electron chi connectivity index (χ0n) is 11.7. The van der Waals surface area contributed by atoms with Gasteiger partial charge in [0.25, 0.3) is 0 Å². The Bertz CT molecular complexity index is 383. The molecular formula is C16H24O2. The standard InChI is InChI=1S/C16H24O2/c1-12-9-13(2)11-14(10-12)16(3,17)7-6-15-5-4-8-18-15/h9-11,15,17H,4-8H2,1-3H3. The van der Waals surface area contributed by atoms with Crippen molar-refractivity contribution in [2.45, 2.75) is 58.2 Å². The average Bonchev–Trinajstić information content (AvgIpc) is 2.78. The van der Waals surface area contributed by atoms with E-state index < -0.39 is 5.60 Å². The van der Waals surface area contributed by atoms with E-state index in [9.17, 15) is 5.11 Å². The topological polar surface area (TPSA) is 29.5 Å². The van der Waals surface area contributed by atoms with E-state index >= 15 is 0 Å². The molecule has 1 fully saturated rings. The third-order valence-corrected chi connectivity index (χ3v) is 3.82. The Hall–Kier alpha value is -0.860. The lowest BCUT2D eigenvalue weighted by molar-refractivity contribution is 0.0220. The predicted molar refractivity (Wildman–Crippen MR) is 73.7 cm³/mol. The lowest BCUT2D eigenvalue weighted by atomic mass is 9.88. The van der Waals surface area contributed by atoms with Gasteiger partial charge in [-0.3, -0.25) is 0 Å². The minimum atomic E-state index is -0.747. The van der Waals surface area contributed by atoms with E-state index in [4.69, 9.17) is 4.74 Å². The Kier molecular flexibility index (Phi) is 4.08. The maximum Gasteiger partial charge on any atom is 0.0869 e. The van der Waals surface area contributed by atoms with Crippen molar-refractivity contribution in [1.29, 1.82) is 0 Å². The first-order chi connectivity index (χ1) is 8.47. The summed E-state index contributed by atoms with van der Waals surface area (Å²) in [7, 11) is 0. The highest BCUT2D eigenvalue weighted by atomic mass is 16.5. The lowest BCUT2D eigenvalue weighted by Gasteiger charge is -2.26. The Morgan fingerprint density at radius 2 is 1.94 bits per heavy atom. The normalized spacial score (nSPS) is 23.0. The van der Waals surface area contributed by atoms with Crippen molar-refractivity contribution in [2.75, 3.05) is 6.61 Å². The van der Waals surface area contributed by atoms with E-state index in [1.54, 1.807) is 0 Å². The second kappa shape index (κ2) is 5.41. The highest BCUT2D eigenvalue weighted by Crippen LogP contribution is 2.30. The summed E-state index contributed by atoms with van der Waals surface area (Å²) < 4.78 is 5.62. The van der Waals surface area contributed by atoms with Crippen LogP contribution in [0.1, 0.15) is 49.3 Å². The molecule has 1 aliphatic heterocycles. The fraction of sp³-hybridized carbons (Fsp3) is 0.625. The molecule has 1 aromatic carbocycles. The molecule has 2 nitrogen and oxygen atoms in total. The molecule has 100 valence electrons. The maximum absolute atomic E-state index is 10.6. The fourth-order valence-electron chi connectivity index (χ4n) is 2.74. The molecule has 1 heterocycles. The van der Waals surface area contributed by atoms with Gasteiger partial charge in [-0.05, 0) is 52.0 Å². The van der Waals surface area contributed by atoms with Crippen molar-refractivity contribution >= 4 is 0 Å². The van der Waals surface area contributed by atoms with Gasteiger partial charge >= 0.3 is 0 Å². The summed E-state index contributed by atoms with van der Waals surface area (Å²) in [6.45, 7) is 6.95. The molecule has 0 aromatic heterocycles. The Labute approximate surface area is 110 Å². The average molecular weight is 248 g/mol. The van der Waals surface area contributed by atoms with Crippen molar-refractivity contribution in [2.24, 2.45) is 0 Å². The zero-order valence-corrected chi connectivity index (χ0v) is 11.7.